The molecule has 0 fully saturated rings. The summed E-state index contributed by atoms with van der Waals surface area (Å²) in [7, 11) is 1.75. The lowest BCUT2D eigenvalue weighted by molar-refractivity contribution is 0.111. The van der Waals surface area contributed by atoms with Crippen molar-refractivity contribution in [3.05, 3.63) is 45.9 Å². The molecule has 1 atom stereocenters. The van der Waals surface area contributed by atoms with Crippen LogP contribution < -0.4 is 10.4 Å². The fraction of sp³-hybridized carbons (Fsp3) is 0.474. The van der Waals surface area contributed by atoms with Gasteiger partial charge >= 0.3 is 5.69 Å². The Bertz CT molecular complexity index is 783. The third kappa shape index (κ3) is 3.36. The Morgan fingerprint density at radius 1 is 1.33 bits per heavy atom. The number of hydrogen-bond donors (Lipinski definition) is 0. The Labute approximate surface area is 142 Å². The van der Waals surface area contributed by atoms with Crippen molar-refractivity contribution in [3.8, 4) is 17.1 Å². The van der Waals surface area contributed by atoms with Crippen LogP contribution in [0.25, 0.3) is 11.3 Å². The molecule has 5 nitrogen and oxygen atoms in total. The van der Waals surface area contributed by atoms with E-state index >= 15 is 0 Å². The Kier molecular flexibility index (Phi) is 5.00. The molecule has 1 aromatic heterocycles. The average Bonchev–Trinajstić information content (AvgIpc) is 2.59. The topological polar surface area (TPSA) is 53.4 Å². The molecule has 0 saturated heterocycles. The molecule has 5 heteroatoms. The first kappa shape index (κ1) is 16.7. The standard InChI is InChI=1S/C19H24N2O3/c1-4-24-18-12-17-16-8-7-14(6-5-13(2)23-3)11-15(16)9-10-21(17)19(22)20-18/h7-8,11-13H,4-6,9-10H2,1-3H3. The zero-order chi connectivity index (χ0) is 17.1. The third-order valence-corrected chi connectivity index (χ3v) is 4.57. The molecular weight excluding hydrogens is 304 g/mol. The van der Waals surface area contributed by atoms with Gasteiger partial charge in [-0.15, -0.1) is 0 Å². The van der Waals surface area contributed by atoms with Crippen LogP contribution in [0.4, 0.5) is 0 Å². The first-order valence-electron chi connectivity index (χ1n) is 8.52. The number of hydrogen-bond acceptors (Lipinski definition) is 4. The second kappa shape index (κ2) is 7.18. The minimum absolute atomic E-state index is 0.236. The van der Waals surface area contributed by atoms with E-state index in [0.717, 1.165) is 30.5 Å². The summed E-state index contributed by atoms with van der Waals surface area (Å²) in [5.74, 6) is 0.402. The molecule has 0 aliphatic carbocycles. The van der Waals surface area contributed by atoms with Gasteiger partial charge in [0.2, 0.25) is 5.88 Å². The summed E-state index contributed by atoms with van der Waals surface area (Å²) in [6, 6.07) is 8.38. The molecule has 0 amide bonds. The number of benzene rings is 1. The van der Waals surface area contributed by atoms with E-state index in [9.17, 15) is 4.79 Å². The van der Waals surface area contributed by atoms with Crippen molar-refractivity contribution in [2.24, 2.45) is 0 Å². The van der Waals surface area contributed by atoms with Crippen LogP contribution in [0.5, 0.6) is 5.88 Å². The van der Waals surface area contributed by atoms with Gasteiger partial charge in [0.15, 0.2) is 0 Å². The van der Waals surface area contributed by atoms with Crippen LogP contribution in [0.1, 0.15) is 31.4 Å². The van der Waals surface area contributed by atoms with E-state index in [-0.39, 0.29) is 11.8 Å². The summed E-state index contributed by atoms with van der Waals surface area (Å²) in [6.45, 7) is 5.14. The SMILES string of the molecule is CCOc1cc2n(c(=O)n1)CCc1cc(CCC(C)OC)ccc1-2. The molecule has 1 unspecified atom stereocenters. The second-order valence-electron chi connectivity index (χ2n) is 6.17. The van der Waals surface area contributed by atoms with E-state index in [4.69, 9.17) is 9.47 Å². The minimum atomic E-state index is -0.236. The van der Waals surface area contributed by atoms with Gasteiger partial charge in [-0.3, -0.25) is 4.57 Å². The maximum absolute atomic E-state index is 12.2. The Morgan fingerprint density at radius 2 is 2.17 bits per heavy atom. The largest absolute Gasteiger partial charge is 0.478 e. The van der Waals surface area contributed by atoms with Gasteiger partial charge < -0.3 is 9.47 Å². The quantitative estimate of drug-likeness (QED) is 0.818. The number of aryl methyl sites for hydroxylation is 2. The first-order valence-corrected chi connectivity index (χ1v) is 8.52. The summed E-state index contributed by atoms with van der Waals surface area (Å²) < 4.78 is 12.5. The molecule has 128 valence electrons. The molecule has 0 N–H and O–H groups in total. The maximum Gasteiger partial charge on any atom is 0.351 e. The highest BCUT2D eigenvalue weighted by atomic mass is 16.5. The fourth-order valence-corrected chi connectivity index (χ4v) is 3.13. The molecule has 2 heterocycles. The summed E-state index contributed by atoms with van der Waals surface area (Å²) in [4.78, 5) is 16.2. The van der Waals surface area contributed by atoms with Gasteiger partial charge in [-0.2, -0.15) is 4.98 Å². The number of fused-ring (bicyclic) bond motifs is 3. The molecule has 0 saturated carbocycles. The molecule has 0 spiro atoms. The van der Waals surface area contributed by atoms with Gasteiger partial charge in [0.25, 0.3) is 0 Å². The molecule has 0 radical (unpaired) electrons. The van der Waals surface area contributed by atoms with Crippen LogP contribution in [0.3, 0.4) is 0 Å². The third-order valence-electron chi connectivity index (χ3n) is 4.57. The molecule has 24 heavy (non-hydrogen) atoms. The van der Waals surface area contributed by atoms with Crippen LogP contribution >= 0.6 is 0 Å². The predicted octanol–water partition coefficient (Wildman–Crippen LogP) is 2.83. The normalized spacial score (nSPS) is 14.0. The molecule has 1 aromatic carbocycles. The lowest BCUT2D eigenvalue weighted by Gasteiger charge is -2.22. The number of rotatable bonds is 6. The molecular formula is C19H24N2O3. The Morgan fingerprint density at radius 3 is 2.92 bits per heavy atom. The minimum Gasteiger partial charge on any atom is -0.478 e. The van der Waals surface area contributed by atoms with Gasteiger partial charge in [-0.25, -0.2) is 4.79 Å². The van der Waals surface area contributed by atoms with E-state index in [1.807, 2.05) is 13.0 Å². The van der Waals surface area contributed by atoms with E-state index in [1.54, 1.807) is 11.7 Å². The predicted molar refractivity (Wildman–Crippen MR) is 93.6 cm³/mol. The molecule has 2 aromatic rings. The highest BCUT2D eigenvalue weighted by Crippen LogP contribution is 2.30. The van der Waals surface area contributed by atoms with Crippen molar-refractivity contribution in [2.75, 3.05) is 13.7 Å². The van der Waals surface area contributed by atoms with Crippen molar-refractivity contribution in [3.63, 3.8) is 0 Å². The maximum atomic E-state index is 12.2. The molecule has 1 aliphatic heterocycles. The van der Waals surface area contributed by atoms with Crippen molar-refractivity contribution >= 4 is 0 Å². The van der Waals surface area contributed by atoms with Crippen molar-refractivity contribution in [1.82, 2.24) is 9.55 Å². The van der Waals surface area contributed by atoms with Crippen LogP contribution in [-0.2, 0) is 24.1 Å². The van der Waals surface area contributed by atoms with Crippen LogP contribution in [-0.4, -0.2) is 29.4 Å². The van der Waals surface area contributed by atoms with Crippen LogP contribution in [0.2, 0.25) is 0 Å². The Balaban J connectivity index is 1.93. The summed E-state index contributed by atoms with van der Waals surface area (Å²) >= 11 is 0. The van der Waals surface area contributed by atoms with E-state index in [2.05, 4.69) is 30.1 Å². The molecule has 1 aliphatic rings. The monoisotopic (exact) mass is 328 g/mol. The summed E-state index contributed by atoms with van der Waals surface area (Å²) in [5.41, 5.74) is 4.36. The van der Waals surface area contributed by atoms with Gasteiger partial charge in [0.05, 0.1) is 18.4 Å². The van der Waals surface area contributed by atoms with E-state index < -0.39 is 0 Å². The lowest BCUT2D eigenvalue weighted by atomic mass is 9.94. The van der Waals surface area contributed by atoms with Crippen molar-refractivity contribution in [1.29, 1.82) is 0 Å². The van der Waals surface area contributed by atoms with Crippen molar-refractivity contribution in [2.45, 2.75) is 45.8 Å². The molecule has 0 bridgehead atoms. The van der Waals surface area contributed by atoms with Gasteiger partial charge in [-0.1, -0.05) is 18.2 Å². The van der Waals surface area contributed by atoms with Crippen LogP contribution in [0.15, 0.2) is 29.1 Å². The number of aromatic nitrogens is 2. The Hall–Kier alpha value is -2.14. The highest BCUT2D eigenvalue weighted by molar-refractivity contribution is 5.67. The zero-order valence-electron chi connectivity index (χ0n) is 14.5. The number of ether oxygens (including phenoxy) is 2. The smallest absolute Gasteiger partial charge is 0.351 e. The van der Waals surface area contributed by atoms with Crippen LogP contribution in [0, 0.1) is 0 Å². The van der Waals surface area contributed by atoms with E-state index in [0.29, 0.717) is 19.0 Å². The van der Waals surface area contributed by atoms with Gasteiger partial charge in [0, 0.05) is 25.3 Å². The first-order chi connectivity index (χ1) is 11.6. The zero-order valence-corrected chi connectivity index (χ0v) is 14.5. The summed E-state index contributed by atoms with van der Waals surface area (Å²) in [5, 5.41) is 0. The number of methoxy groups -OCH3 is 1. The highest BCUT2D eigenvalue weighted by Gasteiger charge is 2.19. The van der Waals surface area contributed by atoms with Gasteiger partial charge in [0.1, 0.15) is 0 Å². The lowest BCUT2D eigenvalue weighted by Crippen LogP contribution is -2.28. The fourth-order valence-electron chi connectivity index (χ4n) is 3.13. The second-order valence-corrected chi connectivity index (χ2v) is 6.17. The number of nitrogens with zero attached hydrogens (tertiary/aromatic N) is 2. The van der Waals surface area contributed by atoms with Gasteiger partial charge in [-0.05, 0) is 44.2 Å². The summed E-state index contributed by atoms with van der Waals surface area (Å²) in [6.07, 6.45) is 3.12. The van der Waals surface area contributed by atoms with E-state index in [1.165, 1.54) is 11.1 Å². The average molecular weight is 328 g/mol. The van der Waals surface area contributed by atoms with Crippen molar-refractivity contribution < 1.29 is 9.47 Å². The molecule has 3 rings (SSSR count).